The average molecular weight is 391 g/mol. The monoisotopic (exact) mass is 391 g/mol. The number of nitrogens with zero attached hydrogens (tertiary/aromatic N) is 2. The first kappa shape index (κ1) is 21.5. The summed E-state index contributed by atoms with van der Waals surface area (Å²) in [7, 11) is 0. The molecule has 2 amide bonds. The molecule has 2 fully saturated rings. The molecule has 2 saturated carbocycles. The van der Waals surface area contributed by atoms with Crippen LogP contribution in [0.1, 0.15) is 63.3 Å². The van der Waals surface area contributed by atoms with Crippen LogP contribution in [0.25, 0.3) is 0 Å². The van der Waals surface area contributed by atoms with Crippen molar-refractivity contribution in [2.24, 2.45) is 0 Å². The molecule has 0 bridgehead atoms. The fourth-order valence-corrected chi connectivity index (χ4v) is 2.63. The first-order valence-electron chi connectivity index (χ1n) is 9.59. The summed E-state index contributed by atoms with van der Waals surface area (Å²) in [6, 6.07) is 3.40. The number of anilines is 1. The number of carbonyl (C=O) groups excluding carboxylic acids is 1. The van der Waals surface area contributed by atoms with Crippen LogP contribution in [0.15, 0.2) is 22.9 Å². The van der Waals surface area contributed by atoms with Crippen LogP contribution in [0.4, 0.5) is 10.6 Å². The summed E-state index contributed by atoms with van der Waals surface area (Å²) in [5, 5.41) is 23.3. The zero-order valence-electron chi connectivity index (χ0n) is 16.5. The highest BCUT2D eigenvalue weighted by Crippen LogP contribution is 2.33. The molecular formula is C19H29N5O4. The molecule has 0 spiro atoms. The van der Waals surface area contributed by atoms with Crippen LogP contribution < -0.4 is 10.6 Å². The van der Waals surface area contributed by atoms with E-state index in [0.29, 0.717) is 11.6 Å². The molecule has 0 saturated heterocycles. The van der Waals surface area contributed by atoms with E-state index in [9.17, 15) is 9.59 Å². The number of nitrogens with one attached hydrogen (secondary N) is 3. The van der Waals surface area contributed by atoms with E-state index in [1.807, 2.05) is 6.92 Å². The lowest BCUT2D eigenvalue weighted by molar-refractivity contribution is -0.115. The summed E-state index contributed by atoms with van der Waals surface area (Å²) in [5.41, 5.74) is 0.686. The summed E-state index contributed by atoms with van der Waals surface area (Å²) in [6.45, 7) is 3.71. The zero-order chi connectivity index (χ0) is 20.4. The molecule has 4 rings (SSSR count). The lowest BCUT2D eigenvalue weighted by atomic mass is 10.3. The Hall–Kier alpha value is -2.84. The largest absolute Gasteiger partial charge is 0.465 e. The Bertz CT molecular complexity index is 726. The Kier molecular flexibility index (Phi) is 8.03. The molecule has 0 unspecified atom stereocenters. The van der Waals surface area contributed by atoms with Crippen LogP contribution in [0, 0.1) is 6.92 Å². The summed E-state index contributed by atoms with van der Waals surface area (Å²) in [4.78, 5) is 21.4. The van der Waals surface area contributed by atoms with Gasteiger partial charge in [-0.3, -0.25) is 9.89 Å². The second-order valence-electron chi connectivity index (χ2n) is 7.39. The molecule has 28 heavy (non-hydrogen) atoms. The van der Waals surface area contributed by atoms with Crippen LogP contribution in [-0.4, -0.2) is 38.0 Å². The van der Waals surface area contributed by atoms with Crippen molar-refractivity contribution >= 4 is 17.8 Å². The molecule has 154 valence electrons. The van der Waals surface area contributed by atoms with Crippen molar-refractivity contribution < 1.29 is 19.2 Å². The number of carbonyl (C=O) groups is 2. The Labute approximate surface area is 164 Å². The van der Waals surface area contributed by atoms with E-state index in [0.717, 1.165) is 18.5 Å². The number of hydrogen-bond acceptors (Lipinski definition) is 5. The number of amides is 2. The van der Waals surface area contributed by atoms with Crippen molar-refractivity contribution in [3.05, 3.63) is 29.8 Å². The van der Waals surface area contributed by atoms with Gasteiger partial charge in [0.05, 0.1) is 18.3 Å². The standard InChI is InChI=1S/C9H10N4O2.C5H9NO2.C5H10/c1-6-4-7(15-13-6)5-9(14)11-8-2-3-10-12-8;1-5(2-3-5)6-4(7)8;1-2-4-5-3-1/h2-4H,5H2,1H3,(H2,10,11,12,14);6H,2-3H2,1H3,(H,7,8);1-5H2. The minimum absolute atomic E-state index is 0.0775. The average Bonchev–Trinajstić information content (AvgIpc) is 3.14. The maximum absolute atomic E-state index is 11.4. The summed E-state index contributed by atoms with van der Waals surface area (Å²) < 4.78 is 4.92. The lowest BCUT2D eigenvalue weighted by Gasteiger charge is -2.04. The van der Waals surface area contributed by atoms with Crippen molar-refractivity contribution in [2.45, 2.75) is 70.8 Å². The minimum Gasteiger partial charge on any atom is -0.465 e. The molecular weight excluding hydrogens is 362 g/mol. The maximum Gasteiger partial charge on any atom is 0.405 e. The smallest absolute Gasteiger partial charge is 0.405 e. The van der Waals surface area contributed by atoms with Crippen molar-refractivity contribution in [3.8, 4) is 0 Å². The topological polar surface area (TPSA) is 133 Å². The van der Waals surface area contributed by atoms with Gasteiger partial charge in [-0.05, 0) is 26.7 Å². The molecule has 9 nitrogen and oxygen atoms in total. The van der Waals surface area contributed by atoms with Gasteiger partial charge in [0.1, 0.15) is 11.6 Å². The molecule has 0 atom stereocenters. The van der Waals surface area contributed by atoms with E-state index in [-0.39, 0.29) is 17.9 Å². The van der Waals surface area contributed by atoms with Gasteiger partial charge in [-0.25, -0.2) is 4.79 Å². The van der Waals surface area contributed by atoms with E-state index in [2.05, 4.69) is 26.0 Å². The number of aromatic nitrogens is 3. The van der Waals surface area contributed by atoms with Crippen molar-refractivity contribution in [3.63, 3.8) is 0 Å². The normalized spacial score (nSPS) is 16.1. The highest BCUT2D eigenvalue weighted by Gasteiger charge is 2.38. The van der Waals surface area contributed by atoms with Crippen LogP contribution in [-0.2, 0) is 11.2 Å². The van der Waals surface area contributed by atoms with Crippen molar-refractivity contribution in [1.82, 2.24) is 20.7 Å². The second kappa shape index (κ2) is 10.5. The summed E-state index contributed by atoms with van der Waals surface area (Å²) in [5.74, 6) is 0.941. The fraction of sp³-hybridized carbons (Fsp3) is 0.579. The van der Waals surface area contributed by atoms with Crippen molar-refractivity contribution in [1.29, 1.82) is 0 Å². The fourth-order valence-electron chi connectivity index (χ4n) is 2.63. The van der Waals surface area contributed by atoms with Crippen molar-refractivity contribution in [2.75, 3.05) is 5.32 Å². The molecule has 9 heteroatoms. The molecule has 2 aromatic rings. The minimum atomic E-state index is -0.912. The van der Waals surface area contributed by atoms with E-state index in [1.165, 1.54) is 32.1 Å². The predicted molar refractivity (Wildman–Crippen MR) is 104 cm³/mol. The van der Waals surface area contributed by atoms with Crippen LogP contribution in [0.5, 0.6) is 0 Å². The number of H-pyrrole nitrogens is 1. The SMILES string of the molecule is C1CCCC1.CC1(NC(=O)O)CC1.Cc1cc(CC(=O)Nc2ccn[nH]2)on1. The first-order chi connectivity index (χ1) is 13.4. The van der Waals surface area contributed by atoms with Gasteiger partial charge < -0.3 is 20.3 Å². The van der Waals surface area contributed by atoms with E-state index in [4.69, 9.17) is 9.63 Å². The van der Waals surface area contributed by atoms with Gasteiger partial charge in [0.15, 0.2) is 0 Å². The molecule has 2 aromatic heterocycles. The lowest BCUT2D eigenvalue weighted by Crippen LogP contribution is -2.32. The summed E-state index contributed by atoms with van der Waals surface area (Å²) in [6.07, 6.45) is 10.3. The number of carboxylic acid groups (broad SMARTS) is 1. The molecule has 0 aliphatic heterocycles. The van der Waals surface area contributed by atoms with Gasteiger partial charge in [0.2, 0.25) is 5.91 Å². The van der Waals surface area contributed by atoms with Gasteiger partial charge >= 0.3 is 6.09 Å². The van der Waals surface area contributed by atoms with Gasteiger partial charge in [-0.1, -0.05) is 37.3 Å². The number of aromatic amines is 1. The quantitative estimate of drug-likeness (QED) is 0.629. The maximum atomic E-state index is 11.4. The Morgan fingerprint density at radius 1 is 1.25 bits per heavy atom. The zero-order valence-corrected chi connectivity index (χ0v) is 16.5. The van der Waals surface area contributed by atoms with Gasteiger partial charge in [0.25, 0.3) is 0 Å². The third kappa shape index (κ3) is 8.70. The predicted octanol–water partition coefficient (Wildman–Crippen LogP) is 3.64. The van der Waals surface area contributed by atoms with E-state index < -0.39 is 6.09 Å². The number of hydrogen-bond donors (Lipinski definition) is 4. The Balaban J connectivity index is 0.000000179. The van der Waals surface area contributed by atoms with Crippen LogP contribution in [0.3, 0.4) is 0 Å². The van der Waals surface area contributed by atoms with Gasteiger partial charge in [-0.15, -0.1) is 0 Å². The summed E-state index contributed by atoms with van der Waals surface area (Å²) >= 11 is 0. The molecule has 2 aliphatic rings. The molecule has 2 heterocycles. The second-order valence-corrected chi connectivity index (χ2v) is 7.39. The highest BCUT2D eigenvalue weighted by atomic mass is 16.5. The number of aryl methyl sites for hydroxylation is 1. The van der Waals surface area contributed by atoms with Crippen LogP contribution in [0.2, 0.25) is 0 Å². The molecule has 0 aromatic carbocycles. The Morgan fingerprint density at radius 3 is 2.29 bits per heavy atom. The molecule has 0 radical (unpaired) electrons. The van der Waals surface area contributed by atoms with Crippen LogP contribution >= 0.6 is 0 Å². The number of rotatable bonds is 4. The van der Waals surface area contributed by atoms with E-state index >= 15 is 0 Å². The third-order valence-corrected chi connectivity index (χ3v) is 4.45. The first-order valence-corrected chi connectivity index (χ1v) is 9.59. The highest BCUT2D eigenvalue weighted by molar-refractivity contribution is 5.90. The molecule has 4 N–H and O–H groups in total. The Morgan fingerprint density at radius 2 is 1.89 bits per heavy atom. The molecule has 2 aliphatic carbocycles. The van der Waals surface area contributed by atoms with Gasteiger partial charge in [0, 0.05) is 17.7 Å². The van der Waals surface area contributed by atoms with Gasteiger partial charge in [-0.2, -0.15) is 5.10 Å². The third-order valence-electron chi connectivity index (χ3n) is 4.45. The van der Waals surface area contributed by atoms with E-state index in [1.54, 1.807) is 25.3 Å².